The van der Waals surface area contributed by atoms with Crippen molar-refractivity contribution < 1.29 is 14.6 Å². The summed E-state index contributed by atoms with van der Waals surface area (Å²) >= 11 is 0. The monoisotopic (exact) mass is 237 g/mol. The van der Waals surface area contributed by atoms with Crippen molar-refractivity contribution in [3.8, 4) is 0 Å². The second-order valence-corrected chi connectivity index (χ2v) is 3.80. The van der Waals surface area contributed by atoms with E-state index in [-0.39, 0.29) is 5.82 Å². The maximum absolute atomic E-state index is 10.9. The lowest BCUT2D eigenvalue weighted by Crippen LogP contribution is -2.37. The number of carboxylic acids is 1. The van der Waals surface area contributed by atoms with Gasteiger partial charge in [0.1, 0.15) is 5.82 Å². The van der Waals surface area contributed by atoms with Gasteiger partial charge in [0.15, 0.2) is 0 Å². The number of rotatable bonds is 3. The first-order chi connectivity index (χ1) is 8.20. The van der Waals surface area contributed by atoms with Gasteiger partial charge in [-0.15, -0.1) is 0 Å². The summed E-state index contributed by atoms with van der Waals surface area (Å²) in [5.74, 6) is -0.543. The molecule has 1 aliphatic rings. The zero-order chi connectivity index (χ0) is 12.3. The summed E-state index contributed by atoms with van der Waals surface area (Å²) in [5.41, 5.74) is 0.749. The molecule has 1 aromatic heterocycles. The minimum absolute atomic E-state index is 0.133. The molecule has 0 spiro atoms. The maximum Gasteiger partial charge on any atom is 0.374 e. The van der Waals surface area contributed by atoms with Gasteiger partial charge in [0.05, 0.1) is 13.2 Å². The largest absolute Gasteiger partial charge is 0.475 e. The first-order valence-corrected chi connectivity index (χ1v) is 5.64. The summed E-state index contributed by atoms with van der Waals surface area (Å²) < 4.78 is 5.25. The Morgan fingerprint density at radius 3 is 2.76 bits per heavy atom. The predicted octanol–water partition coefficient (Wildman–Crippen LogP) is 0.574. The van der Waals surface area contributed by atoms with Crippen LogP contribution in [0, 0.1) is 0 Å². The fourth-order valence-electron chi connectivity index (χ4n) is 1.71. The maximum atomic E-state index is 10.9. The topological polar surface area (TPSA) is 75.5 Å². The van der Waals surface area contributed by atoms with Gasteiger partial charge >= 0.3 is 5.97 Å². The molecule has 1 fully saturated rings. The van der Waals surface area contributed by atoms with Gasteiger partial charge < -0.3 is 14.7 Å². The smallest absolute Gasteiger partial charge is 0.374 e. The molecular weight excluding hydrogens is 222 g/mol. The summed E-state index contributed by atoms with van der Waals surface area (Å²) in [6, 6.07) is 1.84. The Balaban J connectivity index is 2.31. The van der Waals surface area contributed by atoms with Crippen molar-refractivity contribution in [1.29, 1.82) is 0 Å². The lowest BCUT2D eigenvalue weighted by molar-refractivity contribution is 0.0683. The highest BCUT2D eigenvalue weighted by Crippen LogP contribution is 2.14. The number of carboxylic acid groups (broad SMARTS) is 1. The molecule has 0 unspecified atom stereocenters. The van der Waals surface area contributed by atoms with Crippen molar-refractivity contribution in [2.24, 2.45) is 0 Å². The summed E-state index contributed by atoms with van der Waals surface area (Å²) in [4.78, 5) is 21.0. The van der Waals surface area contributed by atoms with E-state index in [1.165, 1.54) is 0 Å². The average molecular weight is 237 g/mol. The van der Waals surface area contributed by atoms with Gasteiger partial charge in [-0.1, -0.05) is 6.92 Å². The molecule has 0 aromatic carbocycles. The standard InChI is InChI=1S/C11H15N3O3/c1-2-8-7-9(13-10(12-8)11(15)16)14-3-5-17-6-4-14/h7H,2-6H2,1H3,(H,15,16). The van der Waals surface area contributed by atoms with E-state index in [0.29, 0.717) is 25.5 Å². The Bertz CT molecular complexity index is 416. The van der Waals surface area contributed by atoms with Crippen LogP contribution < -0.4 is 4.90 Å². The molecule has 1 aliphatic heterocycles. The summed E-state index contributed by atoms with van der Waals surface area (Å²) in [6.07, 6.45) is 0.695. The number of carbonyl (C=O) groups is 1. The van der Waals surface area contributed by atoms with Gasteiger partial charge in [-0.05, 0) is 6.42 Å². The van der Waals surface area contributed by atoms with Crippen LogP contribution >= 0.6 is 0 Å². The minimum atomic E-state index is -1.09. The van der Waals surface area contributed by atoms with Gasteiger partial charge in [0, 0.05) is 24.8 Å². The third-order valence-corrected chi connectivity index (χ3v) is 2.65. The number of hydrogen-bond donors (Lipinski definition) is 1. The number of anilines is 1. The number of morpholine rings is 1. The van der Waals surface area contributed by atoms with Gasteiger partial charge in [-0.3, -0.25) is 0 Å². The second kappa shape index (κ2) is 5.09. The molecule has 0 saturated carbocycles. The Kier molecular flexibility index (Phi) is 3.53. The molecular formula is C11H15N3O3. The lowest BCUT2D eigenvalue weighted by atomic mass is 10.3. The van der Waals surface area contributed by atoms with E-state index in [1.807, 2.05) is 17.9 Å². The fraction of sp³-hybridized carbons (Fsp3) is 0.545. The fourth-order valence-corrected chi connectivity index (χ4v) is 1.71. The van der Waals surface area contributed by atoms with Crippen LogP contribution in [0.5, 0.6) is 0 Å². The highest BCUT2D eigenvalue weighted by atomic mass is 16.5. The van der Waals surface area contributed by atoms with Crippen LogP contribution in [0.15, 0.2) is 6.07 Å². The number of nitrogens with zero attached hydrogens (tertiary/aromatic N) is 3. The summed E-state index contributed by atoms with van der Waals surface area (Å²) in [5, 5.41) is 8.96. The third kappa shape index (κ3) is 2.71. The summed E-state index contributed by atoms with van der Waals surface area (Å²) in [6.45, 7) is 4.71. The van der Waals surface area contributed by atoms with E-state index in [2.05, 4.69) is 9.97 Å². The molecule has 17 heavy (non-hydrogen) atoms. The first-order valence-electron chi connectivity index (χ1n) is 5.64. The highest BCUT2D eigenvalue weighted by Gasteiger charge is 2.16. The van der Waals surface area contributed by atoms with E-state index in [9.17, 15) is 4.79 Å². The molecule has 92 valence electrons. The molecule has 0 amide bonds. The molecule has 0 atom stereocenters. The molecule has 0 aliphatic carbocycles. The van der Waals surface area contributed by atoms with Crippen LogP contribution in [0.2, 0.25) is 0 Å². The van der Waals surface area contributed by atoms with Gasteiger partial charge in [0.2, 0.25) is 5.82 Å². The second-order valence-electron chi connectivity index (χ2n) is 3.80. The molecule has 0 radical (unpaired) electrons. The molecule has 1 saturated heterocycles. The number of aryl methyl sites for hydroxylation is 1. The van der Waals surface area contributed by atoms with Crippen LogP contribution in [0.4, 0.5) is 5.82 Å². The summed E-state index contributed by atoms with van der Waals surface area (Å²) in [7, 11) is 0. The highest BCUT2D eigenvalue weighted by molar-refractivity contribution is 5.83. The number of aromatic nitrogens is 2. The molecule has 2 heterocycles. The van der Waals surface area contributed by atoms with Crippen LogP contribution in [-0.2, 0) is 11.2 Å². The molecule has 6 heteroatoms. The Hall–Kier alpha value is -1.69. The van der Waals surface area contributed by atoms with E-state index >= 15 is 0 Å². The van der Waals surface area contributed by atoms with E-state index in [4.69, 9.17) is 9.84 Å². The average Bonchev–Trinajstić information content (AvgIpc) is 2.39. The van der Waals surface area contributed by atoms with E-state index < -0.39 is 5.97 Å². The van der Waals surface area contributed by atoms with Crippen LogP contribution in [0.1, 0.15) is 23.2 Å². The first kappa shape index (κ1) is 11.8. The molecule has 6 nitrogen and oxygen atoms in total. The van der Waals surface area contributed by atoms with Crippen molar-refractivity contribution >= 4 is 11.8 Å². The molecule has 1 aromatic rings. The van der Waals surface area contributed by atoms with Crippen molar-refractivity contribution in [3.05, 3.63) is 17.6 Å². The zero-order valence-corrected chi connectivity index (χ0v) is 9.72. The SMILES string of the molecule is CCc1cc(N2CCOCC2)nc(C(=O)O)n1. The van der Waals surface area contributed by atoms with E-state index in [0.717, 1.165) is 18.8 Å². The van der Waals surface area contributed by atoms with Crippen LogP contribution in [0.25, 0.3) is 0 Å². The van der Waals surface area contributed by atoms with Crippen LogP contribution in [-0.4, -0.2) is 47.3 Å². The molecule has 0 bridgehead atoms. The predicted molar refractivity (Wildman–Crippen MR) is 61.4 cm³/mol. The number of hydrogen-bond acceptors (Lipinski definition) is 5. The lowest BCUT2D eigenvalue weighted by Gasteiger charge is -2.28. The van der Waals surface area contributed by atoms with Crippen molar-refractivity contribution in [2.75, 3.05) is 31.2 Å². The van der Waals surface area contributed by atoms with E-state index in [1.54, 1.807) is 0 Å². The molecule has 2 rings (SSSR count). The Morgan fingerprint density at radius 1 is 1.47 bits per heavy atom. The van der Waals surface area contributed by atoms with Gasteiger partial charge in [-0.2, -0.15) is 0 Å². The van der Waals surface area contributed by atoms with Crippen LogP contribution in [0.3, 0.4) is 0 Å². The van der Waals surface area contributed by atoms with Gasteiger partial charge in [0.25, 0.3) is 0 Å². The molecule has 1 N–H and O–H groups in total. The van der Waals surface area contributed by atoms with Gasteiger partial charge in [-0.25, -0.2) is 14.8 Å². The third-order valence-electron chi connectivity index (χ3n) is 2.65. The van der Waals surface area contributed by atoms with Crippen molar-refractivity contribution in [1.82, 2.24) is 9.97 Å². The Labute approximate surface area is 99.2 Å². The normalized spacial score (nSPS) is 15.9. The van der Waals surface area contributed by atoms with Crippen molar-refractivity contribution in [3.63, 3.8) is 0 Å². The zero-order valence-electron chi connectivity index (χ0n) is 9.72. The Morgan fingerprint density at radius 2 is 2.18 bits per heavy atom. The number of ether oxygens (including phenoxy) is 1. The minimum Gasteiger partial charge on any atom is -0.475 e. The number of aromatic carboxylic acids is 1. The van der Waals surface area contributed by atoms with Crippen molar-refractivity contribution in [2.45, 2.75) is 13.3 Å². The quantitative estimate of drug-likeness (QED) is 0.828.